The van der Waals surface area contributed by atoms with Gasteiger partial charge in [-0.1, -0.05) is 13.8 Å². The van der Waals surface area contributed by atoms with Gasteiger partial charge in [0.05, 0.1) is 12.1 Å². The Morgan fingerprint density at radius 1 is 1.47 bits per heavy atom. The number of rotatable bonds is 5. The lowest BCUT2D eigenvalue weighted by Gasteiger charge is -2.30. The summed E-state index contributed by atoms with van der Waals surface area (Å²) >= 11 is 0. The van der Waals surface area contributed by atoms with Crippen LogP contribution in [-0.2, 0) is 0 Å². The molecule has 0 unspecified atom stereocenters. The van der Waals surface area contributed by atoms with Crippen molar-refractivity contribution in [1.82, 2.24) is 9.97 Å². The second-order valence-corrected chi connectivity index (χ2v) is 3.86. The largest absolute Gasteiger partial charge is 0.394 e. The molecule has 1 aromatic heterocycles. The van der Waals surface area contributed by atoms with Crippen LogP contribution in [0, 0.1) is 6.92 Å². The van der Waals surface area contributed by atoms with Crippen LogP contribution >= 0.6 is 0 Å². The second kappa shape index (κ2) is 4.53. The number of nitrogens with one attached hydrogen (secondary N) is 2. The van der Waals surface area contributed by atoms with Gasteiger partial charge in [-0.15, -0.1) is 0 Å². The van der Waals surface area contributed by atoms with Gasteiger partial charge in [0.25, 0.3) is 0 Å². The van der Waals surface area contributed by atoms with Crippen LogP contribution in [-0.4, -0.2) is 27.2 Å². The molecule has 0 aliphatic rings. The molecule has 0 amide bonds. The molecular weight excluding hydrogens is 192 g/mol. The minimum absolute atomic E-state index is 0.0747. The SMILES string of the molecule is CCC(CC)(CO)Nc1nc(C)[nH]c1N. The van der Waals surface area contributed by atoms with E-state index in [2.05, 4.69) is 15.3 Å². The quantitative estimate of drug-likeness (QED) is 0.592. The number of anilines is 2. The molecule has 0 aromatic carbocycles. The topological polar surface area (TPSA) is 87.0 Å². The molecular formula is C10H20N4O. The van der Waals surface area contributed by atoms with E-state index in [1.807, 2.05) is 20.8 Å². The Kier molecular flexibility index (Phi) is 3.57. The van der Waals surface area contributed by atoms with Gasteiger partial charge in [0.1, 0.15) is 11.6 Å². The van der Waals surface area contributed by atoms with E-state index in [1.165, 1.54) is 0 Å². The smallest absolute Gasteiger partial charge is 0.169 e. The molecule has 5 nitrogen and oxygen atoms in total. The van der Waals surface area contributed by atoms with Crippen molar-refractivity contribution in [2.24, 2.45) is 0 Å². The van der Waals surface area contributed by atoms with Crippen molar-refractivity contribution in [3.63, 3.8) is 0 Å². The number of aromatic nitrogens is 2. The number of hydrogen-bond donors (Lipinski definition) is 4. The summed E-state index contributed by atoms with van der Waals surface area (Å²) in [5.74, 6) is 1.92. The van der Waals surface area contributed by atoms with Crippen LogP contribution < -0.4 is 11.1 Å². The molecule has 0 spiro atoms. The maximum absolute atomic E-state index is 9.39. The number of aryl methyl sites for hydroxylation is 1. The summed E-state index contributed by atoms with van der Waals surface area (Å²) in [6.45, 7) is 5.98. The molecule has 0 aliphatic carbocycles. The third-order valence-corrected chi connectivity index (χ3v) is 2.89. The third-order valence-electron chi connectivity index (χ3n) is 2.89. The number of aromatic amines is 1. The number of imidazole rings is 1. The van der Waals surface area contributed by atoms with Gasteiger partial charge in [-0.25, -0.2) is 4.98 Å². The van der Waals surface area contributed by atoms with E-state index in [1.54, 1.807) is 0 Å². The zero-order chi connectivity index (χ0) is 11.5. The van der Waals surface area contributed by atoms with Crippen LogP contribution in [0.1, 0.15) is 32.5 Å². The van der Waals surface area contributed by atoms with Crippen molar-refractivity contribution in [2.75, 3.05) is 17.7 Å². The van der Waals surface area contributed by atoms with Gasteiger partial charge in [0.2, 0.25) is 0 Å². The highest BCUT2D eigenvalue weighted by molar-refractivity contribution is 5.58. The number of hydrogen-bond acceptors (Lipinski definition) is 4. The molecule has 1 rings (SSSR count). The van der Waals surface area contributed by atoms with Crippen LogP contribution in [0.5, 0.6) is 0 Å². The van der Waals surface area contributed by atoms with Crippen molar-refractivity contribution >= 4 is 11.6 Å². The van der Waals surface area contributed by atoms with Gasteiger partial charge in [-0.2, -0.15) is 0 Å². The maximum Gasteiger partial charge on any atom is 0.169 e. The van der Waals surface area contributed by atoms with Gasteiger partial charge in [-0.3, -0.25) is 0 Å². The van der Waals surface area contributed by atoms with E-state index in [4.69, 9.17) is 5.73 Å². The molecule has 5 heteroatoms. The summed E-state index contributed by atoms with van der Waals surface area (Å²) in [6, 6.07) is 0. The Morgan fingerprint density at radius 2 is 2.07 bits per heavy atom. The molecule has 0 atom stereocenters. The highest BCUT2D eigenvalue weighted by Gasteiger charge is 2.26. The Morgan fingerprint density at radius 3 is 2.40 bits per heavy atom. The van der Waals surface area contributed by atoms with E-state index in [0.29, 0.717) is 11.6 Å². The summed E-state index contributed by atoms with van der Waals surface area (Å²) in [4.78, 5) is 7.16. The third kappa shape index (κ3) is 2.41. The lowest BCUT2D eigenvalue weighted by molar-refractivity contribution is 0.202. The van der Waals surface area contributed by atoms with Gasteiger partial charge < -0.3 is 21.1 Å². The second-order valence-electron chi connectivity index (χ2n) is 3.86. The molecule has 0 radical (unpaired) electrons. The zero-order valence-corrected chi connectivity index (χ0v) is 9.59. The van der Waals surface area contributed by atoms with Crippen molar-refractivity contribution in [2.45, 2.75) is 39.2 Å². The monoisotopic (exact) mass is 212 g/mol. The Balaban J connectivity index is 2.87. The van der Waals surface area contributed by atoms with E-state index < -0.39 is 0 Å². The Bertz CT molecular complexity index is 309. The Labute approximate surface area is 90.1 Å². The van der Waals surface area contributed by atoms with Gasteiger partial charge in [0.15, 0.2) is 5.82 Å². The summed E-state index contributed by atoms with van der Waals surface area (Å²) in [5.41, 5.74) is 5.43. The molecule has 0 saturated heterocycles. The van der Waals surface area contributed by atoms with Gasteiger partial charge in [0, 0.05) is 0 Å². The summed E-state index contributed by atoms with van der Waals surface area (Å²) in [5, 5.41) is 12.6. The summed E-state index contributed by atoms with van der Waals surface area (Å²) in [7, 11) is 0. The first-order valence-electron chi connectivity index (χ1n) is 5.28. The normalized spacial score (nSPS) is 11.7. The lowest BCUT2D eigenvalue weighted by atomic mass is 9.94. The average molecular weight is 212 g/mol. The number of H-pyrrole nitrogens is 1. The van der Waals surface area contributed by atoms with Gasteiger partial charge in [-0.05, 0) is 19.8 Å². The van der Waals surface area contributed by atoms with Crippen LogP contribution in [0.2, 0.25) is 0 Å². The predicted molar refractivity (Wildman–Crippen MR) is 61.8 cm³/mol. The van der Waals surface area contributed by atoms with Crippen molar-refractivity contribution in [3.8, 4) is 0 Å². The fourth-order valence-electron chi connectivity index (χ4n) is 1.55. The molecule has 1 aromatic rings. The van der Waals surface area contributed by atoms with Crippen molar-refractivity contribution < 1.29 is 5.11 Å². The van der Waals surface area contributed by atoms with Crippen molar-refractivity contribution in [3.05, 3.63) is 5.82 Å². The maximum atomic E-state index is 9.39. The fourth-order valence-corrected chi connectivity index (χ4v) is 1.55. The Hall–Kier alpha value is -1.23. The predicted octanol–water partition coefficient (Wildman–Crippen LogP) is 1.26. The average Bonchev–Trinajstić information content (AvgIpc) is 2.54. The molecule has 86 valence electrons. The van der Waals surface area contributed by atoms with E-state index in [9.17, 15) is 5.11 Å². The minimum atomic E-state index is -0.324. The van der Waals surface area contributed by atoms with E-state index in [-0.39, 0.29) is 12.1 Å². The van der Waals surface area contributed by atoms with Crippen molar-refractivity contribution in [1.29, 1.82) is 0 Å². The summed E-state index contributed by atoms with van der Waals surface area (Å²) < 4.78 is 0. The first-order chi connectivity index (χ1) is 7.06. The zero-order valence-electron chi connectivity index (χ0n) is 9.59. The molecule has 0 saturated carbocycles. The van der Waals surface area contributed by atoms with Crippen LogP contribution in [0.15, 0.2) is 0 Å². The fraction of sp³-hybridized carbons (Fsp3) is 0.700. The number of nitrogen functional groups attached to an aromatic ring is 1. The number of nitrogens with two attached hydrogens (primary N) is 1. The van der Waals surface area contributed by atoms with E-state index in [0.717, 1.165) is 18.7 Å². The lowest BCUT2D eigenvalue weighted by Crippen LogP contribution is -2.41. The number of nitrogens with zero attached hydrogens (tertiary/aromatic N) is 1. The van der Waals surface area contributed by atoms with Crippen LogP contribution in [0.4, 0.5) is 11.6 Å². The molecule has 15 heavy (non-hydrogen) atoms. The number of aliphatic hydroxyl groups is 1. The number of aliphatic hydroxyl groups excluding tert-OH is 1. The molecule has 0 bridgehead atoms. The molecule has 5 N–H and O–H groups in total. The molecule has 1 heterocycles. The molecule has 0 aliphatic heterocycles. The highest BCUT2D eigenvalue weighted by atomic mass is 16.3. The van der Waals surface area contributed by atoms with E-state index >= 15 is 0 Å². The minimum Gasteiger partial charge on any atom is -0.394 e. The molecule has 0 fully saturated rings. The first kappa shape index (κ1) is 11.8. The van der Waals surface area contributed by atoms with Crippen LogP contribution in [0.3, 0.4) is 0 Å². The van der Waals surface area contributed by atoms with Crippen LogP contribution in [0.25, 0.3) is 0 Å². The first-order valence-corrected chi connectivity index (χ1v) is 5.28. The standard InChI is InChI=1S/C10H20N4O/c1-4-10(5-2,6-15)14-9-8(11)12-7(3)13-9/h14-15H,4-6,11H2,1-3H3,(H,12,13). The van der Waals surface area contributed by atoms with Gasteiger partial charge >= 0.3 is 0 Å². The summed E-state index contributed by atoms with van der Waals surface area (Å²) in [6.07, 6.45) is 1.65. The highest BCUT2D eigenvalue weighted by Crippen LogP contribution is 2.24.